The van der Waals surface area contributed by atoms with Crippen molar-refractivity contribution in [3.8, 4) is 0 Å². The molecule has 1 saturated heterocycles. The first-order chi connectivity index (χ1) is 7.68. The molecule has 3 nitrogen and oxygen atoms in total. The van der Waals surface area contributed by atoms with E-state index in [2.05, 4.69) is 0 Å². The molecule has 0 bridgehead atoms. The first kappa shape index (κ1) is 11.1. The normalized spacial score (nSPS) is 20.9. The van der Waals surface area contributed by atoms with Crippen molar-refractivity contribution >= 4 is 5.91 Å². The van der Waals surface area contributed by atoms with Crippen LogP contribution in [0.2, 0.25) is 0 Å². The second-order valence-electron chi connectivity index (χ2n) is 4.25. The summed E-state index contributed by atoms with van der Waals surface area (Å²) in [5.74, 6) is 0.119. The molecule has 1 amide bonds. The van der Waals surface area contributed by atoms with Gasteiger partial charge in [-0.25, -0.2) is 0 Å². The first-order valence-electron chi connectivity index (χ1n) is 5.65. The van der Waals surface area contributed by atoms with Gasteiger partial charge in [-0.1, -0.05) is 18.2 Å². The van der Waals surface area contributed by atoms with Crippen molar-refractivity contribution in [2.75, 3.05) is 19.7 Å². The van der Waals surface area contributed by atoms with Gasteiger partial charge in [0.25, 0.3) is 5.91 Å². The predicted octanol–water partition coefficient (Wildman–Crippen LogP) is 1.86. The van der Waals surface area contributed by atoms with Gasteiger partial charge in [0, 0.05) is 18.7 Å². The van der Waals surface area contributed by atoms with Gasteiger partial charge >= 0.3 is 0 Å². The number of morpholine rings is 1. The summed E-state index contributed by atoms with van der Waals surface area (Å²) in [6.07, 6.45) is 0.140. The molecule has 86 valence electrons. The molecule has 0 aliphatic carbocycles. The van der Waals surface area contributed by atoms with Crippen LogP contribution < -0.4 is 0 Å². The number of hydrogen-bond donors (Lipinski definition) is 0. The fraction of sp³-hybridized carbons (Fsp3) is 0.462. The van der Waals surface area contributed by atoms with E-state index in [0.29, 0.717) is 19.7 Å². The van der Waals surface area contributed by atoms with Crippen LogP contribution in [-0.2, 0) is 4.74 Å². The minimum absolute atomic E-state index is 0.119. The largest absolute Gasteiger partial charge is 0.375 e. The highest BCUT2D eigenvalue weighted by Gasteiger charge is 2.22. The molecule has 0 N–H and O–H groups in total. The number of aryl methyl sites for hydroxylation is 1. The molecule has 1 aliphatic heterocycles. The summed E-state index contributed by atoms with van der Waals surface area (Å²) in [5, 5.41) is 0. The maximum absolute atomic E-state index is 12.2. The molecule has 1 aliphatic rings. The Labute approximate surface area is 96.0 Å². The molecule has 0 saturated carbocycles. The summed E-state index contributed by atoms with van der Waals surface area (Å²) < 4.78 is 5.43. The maximum atomic E-state index is 12.2. The zero-order valence-electron chi connectivity index (χ0n) is 9.77. The minimum Gasteiger partial charge on any atom is -0.375 e. The maximum Gasteiger partial charge on any atom is 0.254 e. The van der Waals surface area contributed by atoms with Crippen molar-refractivity contribution in [2.24, 2.45) is 0 Å². The highest BCUT2D eigenvalue weighted by molar-refractivity contribution is 5.95. The summed E-state index contributed by atoms with van der Waals surface area (Å²) in [6, 6.07) is 7.72. The second-order valence-corrected chi connectivity index (χ2v) is 4.25. The molecule has 3 heteroatoms. The van der Waals surface area contributed by atoms with Crippen LogP contribution in [0, 0.1) is 6.92 Å². The Kier molecular flexibility index (Phi) is 3.25. The van der Waals surface area contributed by atoms with E-state index in [1.54, 1.807) is 0 Å². The Morgan fingerprint density at radius 1 is 1.44 bits per heavy atom. The van der Waals surface area contributed by atoms with Gasteiger partial charge in [-0.15, -0.1) is 0 Å². The van der Waals surface area contributed by atoms with E-state index in [0.717, 1.165) is 11.1 Å². The zero-order valence-corrected chi connectivity index (χ0v) is 9.77. The summed E-state index contributed by atoms with van der Waals surface area (Å²) in [4.78, 5) is 14.1. The van der Waals surface area contributed by atoms with Gasteiger partial charge in [-0.2, -0.15) is 0 Å². The van der Waals surface area contributed by atoms with Gasteiger partial charge in [-0.3, -0.25) is 4.79 Å². The van der Waals surface area contributed by atoms with Crippen LogP contribution in [-0.4, -0.2) is 36.6 Å². The standard InChI is InChI=1S/C13H17NO2/c1-10-5-3-4-6-12(10)13(15)14-7-8-16-11(2)9-14/h3-6,11H,7-9H2,1-2H3. The van der Waals surface area contributed by atoms with Crippen LogP contribution in [0.25, 0.3) is 0 Å². The van der Waals surface area contributed by atoms with E-state index in [1.807, 2.05) is 43.0 Å². The Morgan fingerprint density at radius 3 is 2.88 bits per heavy atom. The highest BCUT2D eigenvalue weighted by atomic mass is 16.5. The Hall–Kier alpha value is -1.35. The van der Waals surface area contributed by atoms with Crippen LogP contribution in [0.5, 0.6) is 0 Å². The number of amides is 1. The summed E-state index contributed by atoms with van der Waals surface area (Å²) in [6.45, 7) is 5.98. The average Bonchev–Trinajstić information content (AvgIpc) is 2.29. The lowest BCUT2D eigenvalue weighted by molar-refractivity contribution is -0.0124. The zero-order chi connectivity index (χ0) is 11.5. The van der Waals surface area contributed by atoms with E-state index >= 15 is 0 Å². The van der Waals surface area contributed by atoms with Gasteiger partial charge in [-0.05, 0) is 25.5 Å². The summed E-state index contributed by atoms with van der Waals surface area (Å²) in [7, 11) is 0. The monoisotopic (exact) mass is 219 g/mol. The minimum atomic E-state index is 0.119. The number of benzene rings is 1. The van der Waals surface area contributed by atoms with Crippen LogP contribution in [0.1, 0.15) is 22.8 Å². The number of rotatable bonds is 1. The molecule has 1 atom stereocenters. The number of hydrogen-bond acceptors (Lipinski definition) is 2. The topological polar surface area (TPSA) is 29.5 Å². The predicted molar refractivity (Wildman–Crippen MR) is 62.5 cm³/mol. The van der Waals surface area contributed by atoms with Crippen molar-refractivity contribution in [3.05, 3.63) is 35.4 Å². The fourth-order valence-corrected chi connectivity index (χ4v) is 1.99. The molecule has 1 unspecified atom stereocenters. The molecule has 2 rings (SSSR count). The lowest BCUT2D eigenvalue weighted by Gasteiger charge is -2.31. The van der Waals surface area contributed by atoms with Gasteiger partial charge in [0.15, 0.2) is 0 Å². The van der Waals surface area contributed by atoms with Crippen LogP contribution in [0.15, 0.2) is 24.3 Å². The summed E-state index contributed by atoms with van der Waals surface area (Å²) in [5.41, 5.74) is 1.84. The van der Waals surface area contributed by atoms with Crippen LogP contribution in [0.4, 0.5) is 0 Å². The van der Waals surface area contributed by atoms with Crippen molar-refractivity contribution in [1.82, 2.24) is 4.90 Å². The molecule has 1 heterocycles. The average molecular weight is 219 g/mol. The molecule has 1 aromatic rings. The molecular formula is C13H17NO2. The third-order valence-electron chi connectivity index (χ3n) is 2.90. The van der Waals surface area contributed by atoms with Gasteiger partial charge in [0.05, 0.1) is 12.7 Å². The third kappa shape index (κ3) is 2.25. The Morgan fingerprint density at radius 2 is 2.19 bits per heavy atom. The number of carbonyl (C=O) groups is 1. The van der Waals surface area contributed by atoms with Crippen LogP contribution in [0.3, 0.4) is 0 Å². The Bertz CT molecular complexity index is 389. The van der Waals surface area contributed by atoms with E-state index in [1.165, 1.54) is 0 Å². The first-order valence-corrected chi connectivity index (χ1v) is 5.65. The van der Waals surface area contributed by atoms with Crippen molar-refractivity contribution in [2.45, 2.75) is 20.0 Å². The highest BCUT2D eigenvalue weighted by Crippen LogP contribution is 2.13. The van der Waals surface area contributed by atoms with Crippen molar-refractivity contribution in [1.29, 1.82) is 0 Å². The lowest BCUT2D eigenvalue weighted by atomic mass is 10.1. The molecular weight excluding hydrogens is 202 g/mol. The van der Waals surface area contributed by atoms with Gasteiger partial charge in [0.2, 0.25) is 0 Å². The fourth-order valence-electron chi connectivity index (χ4n) is 1.99. The molecule has 0 radical (unpaired) electrons. The van der Waals surface area contributed by atoms with E-state index in [-0.39, 0.29) is 12.0 Å². The number of carbonyl (C=O) groups excluding carboxylic acids is 1. The van der Waals surface area contributed by atoms with Gasteiger partial charge < -0.3 is 9.64 Å². The quantitative estimate of drug-likeness (QED) is 0.721. The molecule has 1 fully saturated rings. The number of nitrogens with zero attached hydrogens (tertiary/aromatic N) is 1. The van der Waals surface area contributed by atoms with E-state index in [9.17, 15) is 4.79 Å². The lowest BCUT2D eigenvalue weighted by Crippen LogP contribution is -2.44. The smallest absolute Gasteiger partial charge is 0.254 e. The number of ether oxygens (including phenoxy) is 1. The molecule has 16 heavy (non-hydrogen) atoms. The van der Waals surface area contributed by atoms with Crippen molar-refractivity contribution < 1.29 is 9.53 Å². The second kappa shape index (κ2) is 4.66. The van der Waals surface area contributed by atoms with Gasteiger partial charge in [0.1, 0.15) is 0 Å². The third-order valence-corrected chi connectivity index (χ3v) is 2.90. The van der Waals surface area contributed by atoms with Crippen molar-refractivity contribution in [3.63, 3.8) is 0 Å². The molecule has 0 aromatic heterocycles. The SMILES string of the molecule is Cc1ccccc1C(=O)N1CCOC(C)C1. The summed E-state index contributed by atoms with van der Waals surface area (Å²) >= 11 is 0. The van der Waals surface area contributed by atoms with E-state index in [4.69, 9.17) is 4.74 Å². The Balaban J connectivity index is 2.16. The molecule has 1 aromatic carbocycles. The molecule has 0 spiro atoms. The van der Waals surface area contributed by atoms with E-state index < -0.39 is 0 Å². The van der Waals surface area contributed by atoms with Crippen LogP contribution >= 0.6 is 0 Å².